The topological polar surface area (TPSA) is 70.9 Å². The van der Waals surface area contributed by atoms with Crippen LogP contribution >= 0.6 is 0 Å². The minimum absolute atomic E-state index is 0.390. The molecule has 3 aromatic heterocycles. The summed E-state index contributed by atoms with van der Waals surface area (Å²) in [5.74, 6) is 0.826. The van der Waals surface area contributed by atoms with Gasteiger partial charge in [0.05, 0.1) is 11.8 Å². The van der Waals surface area contributed by atoms with Crippen molar-refractivity contribution in [2.45, 2.75) is 26.4 Å². The van der Waals surface area contributed by atoms with E-state index in [1.54, 1.807) is 6.92 Å². The van der Waals surface area contributed by atoms with Crippen molar-refractivity contribution in [1.29, 1.82) is 0 Å². The maximum atomic E-state index is 9.48. The van der Waals surface area contributed by atoms with Crippen LogP contribution in [0.5, 0.6) is 0 Å². The second kappa shape index (κ2) is 6.30. The number of rotatable bonds is 4. The summed E-state index contributed by atoms with van der Waals surface area (Å²) in [6.07, 6.45) is 5.70. The molecule has 0 aliphatic carbocycles. The summed E-state index contributed by atoms with van der Waals surface area (Å²) in [4.78, 5) is 13.3. The highest BCUT2D eigenvalue weighted by Gasteiger charge is 2.08. The van der Waals surface area contributed by atoms with Crippen molar-refractivity contribution in [3.63, 3.8) is 0 Å². The van der Waals surface area contributed by atoms with E-state index in [4.69, 9.17) is 0 Å². The molecule has 0 amide bonds. The maximum absolute atomic E-state index is 9.48. The number of fused-ring (bicyclic) bond motifs is 1. The van der Waals surface area contributed by atoms with Crippen molar-refractivity contribution in [3.8, 4) is 11.3 Å². The van der Waals surface area contributed by atoms with E-state index in [0.717, 1.165) is 39.1 Å². The lowest BCUT2D eigenvalue weighted by Gasteiger charge is -2.10. The zero-order valence-electron chi connectivity index (χ0n) is 13.5. The lowest BCUT2D eigenvalue weighted by atomic mass is 10.0. The molecule has 1 atom stereocenters. The van der Waals surface area contributed by atoms with Gasteiger partial charge >= 0.3 is 0 Å². The quantitative estimate of drug-likeness (QED) is 0.775. The van der Waals surface area contributed by atoms with E-state index < -0.39 is 0 Å². The summed E-state index contributed by atoms with van der Waals surface area (Å²) in [7, 11) is 1.85. The van der Waals surface area contributed by atoms with Crippen molar-refractivity contribution in [1.82, 2.24) is 15.0 Å². The number of aryl methyl sites for hydroxylation is 1. The Hall–Kier alpha value is -2.53. The van der Waals surface area contributed by atoms with Gasteiger partial charge in [0.1, 0.15) is 5.82 Å². The number of hydrogen-bond donors (Lipinski definition) is 2. The van der Waals surface area contributed by atoms with Crippen LogP contribution in [0.4, 0.5) is 5.82 Å². The van der Waals surface area contributed by atoms with Gasteiger partial charge in [-0.25, -0.2) is 4.98 Å². The second-order valence-corrected chi connectivity index (χ2v) is 5.78. The first-order valence-electron chi connectivity index (χ1n) is 7.64. The van der Waals surface area contributed by atoms with E-state index in [1.165, 1.54) is 0 Å². The van der Waals surface area contributed by atoms with Crippen molar-refractivity contribution in [2.75, 3.05) is 12.4 Å². The minimum Gasteiger partial charge on any atom is -0.393 e. The number of hydrogen-bond acceptors (Lipinski definition) is 5. The molecule has 23 heavy (non-hydrogen) atoms. The molecule has 1 unspecified atom stereocenters. The Balaban J connectivity index is 1.99. The molecule has 0 saturated carbocycles. The normalized spacial score (nSPS) is 12.3. The molecular formula is C18H20N4O. The number of nitrogens with zero attached hydrogens (tertiary/aromatic N) is 3. The molecule has 0 saturated heterocycles. The Labute approximate surface area is 135 Å². The molecule has 3 aromatic rings. The van der Waals surface area contributed by atoms with Gasteiger partial charge < -0.3 is 10.4 Å². The van der Waals surface area contributed by atoms with Gasteiger partial charge in [-0.2, -0.15) is 0 Å². The monoisotopic (exact) mass is 308 g/mol. The molecule has 0 fully saturated rings. The fourth-order valence-corrected chi connectivity index (χ4v) is 2.62. The van der Waals surface area contributed by atoms with Gasteiger partial charge in [0, 0.05) is 54.1 Å². The predicted octanol–water partition coefficient (Wildman–Crippen LogP) is 2.97. The summed E-state index contributed by atoms with van der Waals surface area (Å²) in [5.41, 5.74) is 3.87. The zero-order chi connectivity index (χ0) is 16.4. The molecule has 3 rings (SSSR count). The van der Waals surface area contributed by atoms with E-state index in [1.807, 2.05) is 50.8 Å². The van der Waals surface area contributed by atoms with Gasteiger partial charge in [-0.15, -0.1) is 0 Å². The SMILES string of the molecule is CNc1cc2cnc(-c3cnc(CC(C)O)cc3C)cc2cn1. The average molecular weight is 308 g/mol. The Kier molecular flexibility index (Phi) is 4.21. The smallest absolute Gasteiger partial charge is 0.126 e. The number of anilines is 1. The Morgan fingerprint density at radius 3 is 2.48 bits per heavy atom. The maximum Gasteiger partial charge on any atom is 0.126 e. The van der Waals surface area contributed by atoms with Crippen LogP contribution in [0.3, 0.4) is 0 Å². The summed E-state index contributed by atoms with van der Waals surface area (Å²) in [6, 6.07) is 6.01. The lowest BCUT2D eigenvalue weighted by Crippen LogP contribution is -2.06. The van der Waals surface area contributed by atoms with Gasteiger partial charge in [0.15, 0.2) is 0 Å². The molecular weight excluding hydrogens is 288 g/mol. The van der Waals surface area contributed by atoms with Gasteiger partial charge in [-0.3, -0.25) is 9.97 Å². The molecule has 5 nitrogen and oxygen atoms in total. The van der Waals surface area contributed by atoms with Crippen LogP contribution in [-0.4, -0.2) is 33.2 Å². The van der Waals surface area contributed by atoms with Crippen LogP contribution in [0.2, 0.25) is 0 Å². The summed E-state index contributed by atoms with van der Waals surface area (Å²) >= 11 is 0. The fourth-order valence-electron chi connectivity index (χ4n) is 2.62. The molecule has 0 radical (unpaired) electrons. The van der Waals surface area contributed by atoms with E-state index in [9.17, 15) is 5.11 Å². The molecule has 2 N–H and O–H groups in total. The highest BCUT2D eigenvalue weighted by molar-refractivity contribution is 5.86. The summed E-state index contributed by atoms with van der Waals surface area (Å²) in [6.45, 7) is 3.80. The minimum atomic E-state index is -0.390. The third kappa shape index (κ3) is 3.29. The average Bonchev–Trinajstić information content (AvgIpc) is 2.53. The van der Waals surface area contributed by atoms with Crippen LogP contribution in [0.15, 0.2) is 36.8 Å². The van der Waals surface area contributed by atoms with E-state index in [-0.39, 0.29) is 6.10 Å². The van der Waals surface area contributed by atoms with Crippen molar-refractivity contribution in [2.24, 2.45) is 0 Å². The second-order valence-electron chi connectivity index (χ2n) is 5.78. The van der Waals surface area contributed by atoms with Gasteiger partial charge in [0.25, 0.3) is 0 Å². The molecule has 0 aliphatic rings. The number of aliphatic hydroxyl groups excluding tert-OH is 1. The first kappa shape index (κ1) is 15.4. The zero-order valence-corrected chi connectivity index (χ0v) is 13.5. The first-order chi connectivity index (χ1) is 11.1. The van der Waals surface area contributed by atoms with Gasteiger partial charge in [-0.05, 0) is 37.6 Å². The molecule has 0 bridgehead atoms. The standard InChI is InChI=1S/C18H20N4O/c1-11-4-15(5-12(2)23)20-10-16(11)17-6-13-9-22-18(19-3)7-14(13)8-21-17/h4,6-10,12,23H,5H2,1-3H3,(H,19,22). The van der Waals surface area contributed by atoms with Crippen LogP contribution in [0.25, 0.3) is 22.0 Å². The Morgan fingerprint density at radius 2 is 1.78 bits per heavy atom. The summed E-state index contributed by atoms with van der Waals surface area (Å²) < 4.78 is 0. The number of pyridine rings is 3. The van der Waals surface area contributed by atoms with Crippen LogP contribution in [-0.2, 0) is 6.42 Å². The van der Waals surface area contributed by atoms with Crippen molar-refractivity contribution >= 4 is 16.6 Å². The number of aromatic nitrogens is 3. The largest absolute Gasteiger partial charge is 0.393 e. The Bertz CT molecular complexity index is 846. The van der Waals surface area contributed by atoms with Gasteiger partial charge in [0.2, 0.25) is 0 Å². The molecule has 118 valence electrons. The van der Waals surface area contributed by atoms with E-state index in [2.05, 4.69) is 20.3 Å². The molecule has 5 heteroatoms. The number of nitrogens with one attached hydrogen (secondary N) is 1. The number of aliphatic hydroxyl groups is 1. The van der Waals surface area contributed by atoms with E-state index in [0.29, 0.717) is 6.42 Å². The van der Waals surface area contributed by atoms with Crippen LogP contribution in [0, 0.1) is 6.92 Å². The van der Waals surface area contributed by atoms with Crippen LogP contribution in [0.1, 0.15) is 18.2 Å². The highest BCUT2D eigenvalue weighted by Crippen LogP contribution is 2.25. The molecule has 0 spiro atoms. The first-order valence-corrected chi connectivity index (χ1v) is 7.64. The third-order valence-electron chi connectivity index (χ3n) is 3.81. The molecule has 3 heterocycles. The van der Waals surface area contributed by atoms with Crippen LogP contribution < -0.4 is 5.32 Å². The molecule has 0 aromatic carbocycles. The predicted molar refractivity (Wildman–Crippen MR) is 92.4 cm³/mol. The fraction of sp³-hybridized carbons (Fsp3) is 0.278. The third-order valence-corrected chi connectivity index (χ3v) is 3.81. The van der Waals surface area contributed by atoms with Gasteiger partial charge in [-0.1, -0.05) is 0 Å². The van der Waals surface area contributed by atoms with Crippen molar-refractivity contribution < 1.29 is 5.11 Å². The van der Waals surface area contributed by atoms with Crippen molar-refractivity contribution in [3.05, 3.63) is 48.0 Å². The lowest BCUT2D eigenvalue weighted by molar-refractivity contribution is 0.194. The highest BCUT2D eigenvalue weighted by atomic mass is 16.3. The van der Waals surface area contributed by atoms with E-state index >= 15 is 0 Å². The Morgan fingerprint density at radius 1 is 1.04 bits per heavy atom. The summed E-state index contributed by atoms with van der Waals surface area (Å²) in [5, 5.41) is 14.6. The molecule has 0 aliphatic heterocycles.